The molecule has 0 aromatic heterocycles. The third-order valence-corrected chi connectivity index (χ3v) is 6.12. The zero-order valence-electron chi connectivity index (χ0n) is 17.5. The lowest BCUT2D eigenvalue weighted by molar-refractivity contribution is 0.284. The molecule has 31 heavy (non-hydrogen) atoms. The molecule has 0 N–H and O–H groups in total. The minimum atomic E-state index is 0.493. The lowest BCUT2D eigenvalue weighted by Gasteiger charge is -2.37. The number of piperazine rings is 1. The van der Waals surface area contributed by atoms with Gasteiger partial charge in [-0.2, -0.15) is 0 Å². The van der Waals surface area contributed by atoms with E-state index in [9.17, 15) is 0 Å². The smallest absolute Gasteiger partial charge is 0.161 e. The molecule has 0 spiro atoms. The highest BCUT2D eigenvalue weighted by molar-refractivity contribution is 7.80. The molecule has 4 nitrogen and oxygen atoms in total. The Balaban J connectivity index is 1.39. The Bertz CT molecular complexity index is 1040. The summed E-state index contributed by atoms with van der Waals surface area (Å²) in [6.07, 6.45) is 0. The number of benzene rings is 3. The molecule has 3 aromatic carbocycles. The summed E-state index contributed by atoms with van der Waals surface area (Å²) in [7, 11) is 1.65. The summed E-state index contributed by atoms with van der Waals surface area (Å²) < 4.78 is 11.5. The first-order chi connectivity index (χ1) is 15.1. The lowest BCUT2D eigenvalue weighted by Crippen LogP contribution is -2.48. The van der Waals surface area contributed by atoms with Crippen LogP contribution in [-0.2, 0) is 6.61 Å². The van der Waals surface area contributed by atoms with Crippen LogP contribution in [0.2, 0.25) is 5.02 Å². The van der Waals surface area contributed by atoms with Gasteiger partial charge in [0.15, 0.2) is 11.5 Å². The Morgan fingerprint density at radius 3 is 2.39 bits per heavy atom. The zero-order valence-corrected chi connectivity index (χ0v) is 19.0. The Labute approximate surface area is 194 Å². The number of nitrogens with zero attached hydrogens (tertiary/aromatic N) is 2. The fourth-order valence-corrected chi connectivity index (χ4v) is 4.17. The summed E-state index contributed by atoms with van der Waals surface area (Å²) in [6, 6.07) is 24.0. The van der Waals surface area contributed by atoms with Crippen molar-refractivity contribution in [2.24, 2.45) is 0 Å². The highest BCUT2D eigenvalue weighted by Crippen LogP contribution is 2.30. The van der Waals surface area contributed by atoms with Gasteiger partial charge in [0.05, 0.1) is 7.11 Å². The third kappa shape index (κ3) is 5.30. The Kier molecular flexibility index (Phi) is 6.95. The standard InChI is InChI=1S/C25H25ClN2O2S/c1-29-24-16-20(10-11-23(24)30-18-19-6-3-2-4-7-19)25(31)28-14-12-27(13-15-28)22-9-5-8-21(26)17-22/h2-11,16-17H,12-15,18H2,1H3. The van der Waals surface area contributed by atoms with Gasteiger partial charge in [-0.15, -0.1) is 0 Å². The van der Waals surface area contributed by atoms with Crippen molar-refractivity contribution in [3.05, 3.63) is 88.9 Å². The number of hydrogen-bond donors (Lipinski definition) is 0. The van der Waals surface area contributed by atoms with Gasteiger partial charge in [-0.25, -0.2) is 0 Å². The van der Waals surface area contributed by atoms with Crippen LogP contribution in [0.1, 0.15) is 11.1 Å². The van der Waals surface area contributed by atoms with Crippen LogP contribution < -0.4 is 14.4 Å². The summed E-state index contributed by atoms with van der Waals surface area (Å²) in [5.41, 5.74) is 3.23. The molecule has 0 saturated carbocycles. The molecule has 1 fully saturated rings. The van der Waals surface area contributed by atoms with Crippen LogP contribution in [0, 0.1) is 0 Å². The molecular weight excluding hydrogens is 428 g/mol. The summed E-state index contributed by atoms with van der Waals surface area (Å²) in [5, 5.41) is 0.761. The Morgan fingerprint density at radius 2 is 1.68 bits per heavy atom. The zero-order chi connectivity index (χ0) is 21.6. The topological polar surface area (TPSA) is 24.9 Å². The van der Waals surface area contributed by atoms with Crippen LogP contribution in [0.5, 0.6) is 11.5 Å². The molecular formula is C25H25ClN2O2S. The summed E-state index contributed by atoms with van der Waals surface area (Å²) in [4.78, 5) is 5.42. The van der Waals surface area contributed by atoms with E-state index >= 15 is 0 Å². The number of anilines is 1. The number of methoxy groups -OCH3 is 1. The van der Waals surface area contributed by atoms with Crippen molar-refractivity contribution < 1.29 is 9.47 Å². The maximum absolute atomic E-state index is 6.14. The highest BCUT2D eigenvalue weighted by atomic mass is 35.5. The fraction of sp³-hybridized carbons (Fsp3) is 0.240. The van der Waals surface area contributed by atoms with Crippen molar-refractivity contribution >= 4 is 34.5 Å². The molecule has 0 amide bonds. The van der Waals surface area contributed by atoms with Gasteiger partial charge in [0.25, 0.3) is 0 Å². The van der Waals surface area contributed by atoms with Gasteiger partial charge in [-0.1, -0.05) is 60.2 Å². The first-order valence-electron chi connectivity index (χ1n) is 10.3. The molecule has 0 radical (unpaired) electrons. The van der Waals surface area contributed by atoms with E-state index in [0.717, 1.165) is 53.0 Å². The van der Waals surface area contributed by atoms with Crippen molar-refractivity contribution in [1.29, 1.82) is 0 Å². The average Bonchev–Trinajstić information content (AvgIpc) is 2.83. The van der Waals surface area contributed by atoms with E-state index in [1.54, 1.807) is 7.11 Å². The van der Waals surface area contributed by atoms with Gasteiger partial charge in [0, 0.05) is 42.5 Å². The van der Waals surface area contributed by atoms with Gasteiger partial charge in [0.1, 0.15) is 11.6 Å². The summed E-state index contributed by atoms with van der Waals surface area (Å²) >= 11 is 11.9. The van der Waals surface area contributed by atoms with E-state index in [2.05, 4.69) is 15.9 Å². The van der Waals surface area contributed by atoms with Crippen molar-refractivity contribution in [3.8, 4) is 11.5 Å². The molecule has 6 heteroatoms. The second-order valence-corrected chi connectivity index (χ2v) is 8.22. The second kappa shape index (κ2) is 10.0. The predicted octanol–water partition coefficient (Wildman–Crippen LogP) is 5.43. The number of rotatable bonds is 6. The van der Waals surface area contributed by atoms with Crippen LogP contribution in [-0.4, -0.2) is 43.2 Å². The van der Waals surface area contributed by atoms with Gasteiger partial charge >= 0.3 is 0 Å². The van der Waals surface area contributed by atoms with Crippen molar-refractivity contribution in [3.63, 3.8) is 0 Å². The first-order valence-corrected chi connectivity index (χ1v) is 11.1. The van der Waals surface area contributed by atoms with Gasteiger partial charge in [-0.05, 0) is 42.0 Å². The Hall–Kier alpha value is -2.76. The van der Waals surface area contributed by atoms with E-state index in [1.165, 1.54) is 0 Å². The maximum atomic E-state index is 6.14. The van der Waals surface area contributed by atoms with Gasteiger partial charge < -0.3 is 19.3 Å². The van der Waals surface area contributed by atoms with E-state index in [-0.39, 0.29) is 0 Å². The largest absolute Gasteiger partial charge is 0.493 e. The second-order valence-electron chi connectivity index (χ2n) is 7.40. The minimum absolute atomic E-state index is 0.493. The predicted molar refractivity (Wildman–Crippen MR) is 131 cm³/mol. The summed E-state index contributed by atoms with van der Waals surface area (Å²) in [5.74, 6) is 1.40. The SMILES string of the molecule is COc1cc(C(=S)N2CCN(c3cccc(Cl)c3)CC2)ccc1OCc1ccccc1. The van der Waals surface area contributed by atoms with Crippen molar-refractivity contribution in [2.75, 3.05) is 38.2 Å². The molecule has 160 valence electrons. The third-order valence-electron chi connectivity index (χ3n) is 5.39. The van der Waals surface area contributed by atoms with E-state index in [1.807, 2.05) is 66.7 Å². The van der Waals surface area contributed by atoms with E-state index in [4.69, 9.17) is 33.3 Å². The van der Waals surface area contributed by atoms with E-state index < -0.39 is 0 Å². The number of ether oxygens (including phenoxy) is 2. The first kappa shape index (κ1) is 21.5. The average molecular weight is 453 g/mol. The quantitative estimate of drug-likeness (QED) is 0.465. The molecule has 3 aromatic rings. The molecule has 1 aliphatic rings. The van der Waals surface area contributed by atoms with Crippen LogP contribution in [0.15, 0.2) is 72.8 Å². The molecule has 1 heterocycles. The minimum Gasteiger partial charge on any atom is -0.493 e. The number of hydrogen-bond acceptors (Lipinski definition) is 4. The monoisotopic (exact) mass is 452 g/mol. The summed E-state index contributed by atoms with van der Waals surface area (Å²) in [6.45, 7) is 4.01. The molecule has 0 bridgehead atoms. The molecule has 0 unspecified atom stereocenters. The maximum Gasteiger partial charge on any atom is 0.161 e. The molecule has 0 aliphatic carbocycles. The van der Waals surface area contributed by atoms with Gasteiger partial charge in [0.2, 0.25) is 0 Å². The molecule has 0 atom stereocenters. The van der Waals surface area contributed by atoms with E-state index in [0.29, 0.717) is 18.1 Å². The van der Waals surface area contributed by atoms with Crippen LogP contribution in [0.3, 0.4) is 0 Å². The fourth-order valence-electron chi connectivity index (χ4n) is 3.68. The number of thiocarbonyl (C=S) groups is 1. The molecule has 1 saturated heterocycles. The van der Waals surface area contributed by atoms with Crippen LogP contribution in [0.4, 0.5) is 5.69 Å². The van der Waals surface area contributed by atoms with Crippen molar-refractivity contribution in [1.82, 2.24) is 4.90 Å². The van der Waals surface area contributed by atoms with Gasteiger partial charge in [-0.3, -0.25) is 0 Å². The lowest BCUT2D eigenvalue weighted by atomic mass is 10.1. The van der Waals surface area contributed by atoms with Crippen LogP contribution in [0.25, 0.3) is 0 Å². The Morgan fingerprint density at radius 1 is 0.903 bits per heavy atom. The normalized spacial score (nSPS) is 13.7. The highest BCUT2D eigenvalue weighted by Gasteiger charge is 2.21. The van der Waals surface area contributed by atoms with Crippen molar-refractivity contribution in [2.45, 2.75) is 6.61 Å². The molecule has 4 rings (SSSR count). The van der Waals surface area contributed by atoms with Crippen LogP contribution >= 0.6 is 23.8 Å². The number of halogens is 1. The molecule has 1 aliphatic heterocycles.